The molecule has 0 amide bonds. The molecule has 1 atom stereocenters. The molecule has 1 aromatic carbocycles. The van der Waals surface area contributed by atoms with Gasteiger partial charge in [-0.15, -0.1) is 0 Å². The third kappa shape index (κ3) is 3.52. The summed E-state index contributed by atoms with van der Waals surface area (Å²) >= 11 is 6.07. The van der Waals surface area contributed by atoms with Crippen LogP contribution in [0.4, 0.5) is 5.95 Å². The molecule has 2 rings (SSSR count). The van der Waals surface area contributed by atoms with E-state index in [4.69, 9.17) is 16.3 Å². The number of anilines is 1. The van der Waals surface area contributed by atoms with Gasteiger partial charge in [0.15, 0.2) is 0 Å². The molecule has 0 aliphatic carbocycles. The predicted molar refractivity (Wildman–Crippen MR) is 82.6 cm³/mol. The Morgan fingerprint density at radius 2 is 2.25 bits per heavy atom. The molecule has 5 heteroatoms. The van der Waals surface area contributed by atoms with Crippen LogP contribution in [-0.4, -0.2) is 29.8 Å². The Kier molecular flexibility index (Phi) is 5.04. The highest BCUT2D eigenvalue weighted by atomic mass is 35.5. The van der Waals surface area contributed by atoms with Crippen LogP contribution < -0.4 is 5.32 Å². The highest BCUT2D eigenvalue weighted by Gasteiger charge is 2.13. The zero-order chi connectivity index (χ0) is 14.5. The van der Waals surface area contributed by atoms with Crippen molar-refractivity contribution in [3.63, 3.8) is 0 Å². The van der Waals surface area contributed by atoms with Crippen LogP contribution in [0.15, 0.2) is 30.5 Å². The number of aromatic nitrogens is 2. The molecule has 0 spiro atoms. The quantitative estimate of drug-likeness (QED) is 0.828. The van der Waals surface area contributed by atoms with Crippen molar-refractivity contribution in [1.82, 2.24) is 9.55 Å². The highest BCUT2D eigenvalue weighted by Crippen LogP contribution is 2.24. The molecule has 0 radical (unpaired) electrons. The first-order valence-corrected chi connectivity index (χ1v) is 7.03. The SMILES string of the molecule is COCCNc1nc(C)cn1C(C)c1cccc(Cl)c1. The van der Waals surface area contributed by atoms with E-state index in [0.717, 1.165) is 28.8 Å². The number of methoxy groups -OCH3 is 1. The lowest BCUT2D eigenvalue weighted by atomic mass is 10.1. The van der Waals surface area contributed by atoms with Gasteiger partial charge in [0.1, 0.15) is 0 Å². The monoisotopic (exact) mass is 293 g/mol. The van der Waals surface area contributed by atoms with Crippen molar-refractivity contribution in [2.45, 2.75) is 19.9 Å². The van der Waals surface area contributed by atoms with Crippen molar-refractivity contribution in [1.29, 1.82) is 0 Å². The van der Waals surface area contributed by atoms with Crippen LogP contribution in [-0.2, 0) is 4.74 Å². The summed E-state index contributed by atoms with van der Waals surface area (Å²) < 4.78 is 7.18. The van der Waals surface area contributed by atoms with E-state index in [0.29, 0.717) is 6.61 Å². The van der Waals surface area contributed by atoms with E-state index in [-0.39, 0.29) is 6.04 Å². The number of nitrogens with one attached hydrogen (secondary N) is 1. The van der Waals surface area contributed by atoms with Gasteiger partial charge < -0.3 is 14.6 Å². The second-order valence-electron chi connectivity index (χ2n) is 4.76. The fraction of sp³-hybridized carbons (Fsp3) is 0.400. The van der Waals surface area contributed by atoms with E-state index in [1.54, 1.807) is 7.11 Å². The number of nitrogens with zero attached hydrogens (tertiary/aromatic N) is 2. The minimum Gasteiger partial charge on any atom is -0.383 e. The van der Waals surface area contributed by atoms with Crippen LogP contribution in [0, 0.1) is 6.92 Å². The predicted octanol–water partition coefficient (Wildman–Crippen LogP) is 3.51. The number of halogens is 1. The maximum atomic E-state index is 6.07. The first kappa shape index (κ1) is 14.9. The van der Waals surface area contributed by atoms with Crippen molar-refractivity contribution in [3.05, 3.63) is 46.7 Å². The third-order valence-corrected chi connectivity index (χ3v) is 3.43. The number of benzene rings is 1. The summed E-state index contributed by atoms with van der Waals surface area (Å²) in [6, 6.07) is 8.08. The molecule has 0 fully saturated rings. The lowest BCUT2D eigenvalue weighted by molar-refractivity contribution is 0.210. The van der Waals surface area contributed by atoms with Gasteiger partial charge in [-0.2, -0.15) is 0 Å². The van der Waals surface area contributed by atoms with Crippen molar-refractivity contribution in [2.75, 3.05) is 25.6 Å². The van der Waals surface area contributed by atoms with E-state index in [9.17, 15) is 0 Å². The van der Waals surface area contributed by atoms with Crippen LogP contribution in [0.25, 0.3) is 0 Å². The van der Waals surface area contributed by atoms with Gasteiger partial charge in [-0.05, 0) is 31.5 Å². The van der Waals surface area contributed by atoms with E-state index < -0.39 is 0 Å². The van der Waals surface area contributed by atoms with Gasteiger partial charge in [-0.25, -0.2) is 4.98 Å². The second-order valence-corrected chi connectivity index (χ2v) is 5.20. The Morgan fingerprint density at radius 1 is 1.45 bits per heavy atom. The number of ether oxygens (including phenoxy) is 1. The first-order valence-electron chi connectivity index (χ1n) is 6.65. The normalized spacial score (nSPS) is 12.4. The summed E-state index contributed by atoms with van der Waals surface area (Å²) in [4.78, 5) is 4.51. The molecule has 20 heavy (non-hydrogen) atoms. The van der Waals surface area contributed by atoms with Gasteiger partial charge in [0, 0.05) is 24.9 Å². The molecule has 0 aliphatic heterocycles. The molecular formula is C15H20ClN3O. The minimum absolute atomic E-state index is 0.167. The molecular weight excluding hydrogens is 274 g/mol. The summed E-state index contributed by atoms with van der Waals surface area (Å²) in [5, 5.41) is 4.04. The van der Waals surface area contributed by atoms with Gasteiger partial charge in [0.2, 0.25) is 5.95 Å². The van der Waals surface area contributed by atoms with E-state index in [2.05, 4.69) is 27.9 Å². The van der Waals surface area contributed by atoms with Gasteiger partial charge in [0.25, 0.3) is 0 Å². The number of imidazole rings is 1. The van der Waals surface area contributed by atoms with Gasteiger partial charge >= 0.3 is 0 Å². The molecule has 2 aromatic rings. The Bertz CT molecular complexity index is 568. The van der Waals surface area contributed by atoms with Crippen molar-refractivity contribution < 1.29 is 4.74 Å². The summed E-state index contributed by atoms with van der Waals surface area (Å²) in [7, 11) is 1.69. The fourth-order valence-corrected chi connectivity index (χ4v) is 2.33. The average molecular weight is 294 g/mol. The summed E-state index contributed by atoms with van der Waals surface area (Å²) in [6.07, 6.45) is 2.04. The molecule has 0 bridgehead atoms. The standard InChI is InChI=1S/C15H20ClN3O/c1-11-10-19(15(18-11)17-7-8-20-3)12(2)13-5-4-6-14(16)9-13/h4-6,9-10,12H,7-8H2,1-3H3,(H,17,18). The molecule has 1 aromatic heterocycles. The van der Waals surface area contributed by atoms with E-state index in [1.165, 1.54) is 0 Å². The summed E-state index contributed by atoms with van der Waals surface area (Å²) in [6.45, 7) is 5.50. The number of aryl methyl sites for hydroxylation is 1. The maximum absolute atomic E-state index is 6.07. The zero-order valence-corrected chi connectivity index (χ0v) is 12.8. The largest absolute Gasteiger partial charge is 0.383 e. The molecule has 0 saturated carbocycles. The summed E-state index contributed by atoms with van der Waals surface area (Å²) in [5.41, 5.74) is 2.14. The zero-order valence-electron chi connectivity index (χ0n) is 12.1. The number of rotatable bonds is 6. The topological polar surface area (TPSA) is 39.1 Å². The summed E-state index contributed by atoms with van der Waals surface area (Å²) in [5.74, 6) is 0.854. The second kappa shape index (κ2) is 6.77. The van der Waals surface area contributed by atoms with Crippen molar-refractivity contribution in [3.8, 4) is 0 Å². The van der Waals surface area contributed by atoms with Crippen molar-refractivity contribution >= 4 is 17.5 Å². The van der Waals surface area contributed by atoms with E-state index >= 15 is 0 Å². The Balaban J connectivity index is 2.22. The maximum Gasteiger partial charge on any atom is 0.203 e. The molecule has 1 N–H and O–H groups in total. The number of hydrogen-bond acceptors (Lipinski definition) is 3. The molecule has 0 aliphatic rings. The first-order chi connectivity index (χ1) is 9.61. The van der Waals surface area contributed by atoms with Crippen LogP contribution >= 0.6 is 11.6 Å². The molecule has 1 heterocycles. The smallest absolute Gasteiger partial charge is 0.203 e. The van der Waals surface area contributed by atoms with Crippen LogP contribution in [0.3, 0.4) is 0 Å². The van der Waals surface area contributed by atoms with E-state index in [1.807, 2.05) is 31.3 Å². The Hall–Kier alpha value is -1.52. The Labute approximate surface area is 124 Å². The lowest BCUT2D eigenvalue weighted by Gasteiger charge is -2.17. The number of hydrogen-bond donors (Lipinski definition) is 1. The molecule has 1 unspecified atom stereocenters. The van der Waals surface area contributed by atoms with Crippen LogP contribution in [0.2, 0.25) is 5.02 Å². The highest BCUT2D eigenvalue weighted by molar-refractivity contribution is 6.30. The molecule has 4 nitrogen and oxygen atoms in total. The van der Waals surface area contributed by atoms with Gasteiger partial charge in [0.05, 0.1) is 18.3 Å². The fourth-order valence-electron chi connectivity index (χ4n) is 2.13. The lowest BCUT2D eigenvalue weighted by Crippen LogP contribution is -2.15. The third-order valence-electron chi connectivity index (χ3n) is 3.19. The Morgan fingerprint density at radius 3 is 2.95 bits per heavy atom. The van der Waals surface area contributed by atoms with Gasteiger partial charge in [-0.3, -0.25) is 0 Å². The van der Waals surface area contributed by atoms with Crippen LogP contribution in [0.5, 0.6) is 0 Å². The molecule has 0 saturated heterocycles. The average Bonchev–Trinajstić information content (AvgIpc) is 2.79. The van der Waals surface area contributed by atoms with Gasteiger partial charge in [-0.1, -0.05) is 23.7 Å². The van der Waals surface area contributed by atoms with Crippen molar-refractivity contribution in [2.24, 2.45) is 0 Å². The molecule has 108 valence electrons. The minimum atomic E-state index is 0.167. The van der Waals surface area contributed by atoms with Crippen LogP contribution in [0.1, 0.15) is 24.2 Å².